The Kier molecular flexibility index (Phi) is 6.87. The molecule has 1 aromatic carbocycles. The van der Waals surface area contributed by atoms with Crippen molar-refractivity contribution < 1.29 is 0 Å². The second-order valence-corrected chi connectivity index (χ2v) is 9.72. The third-order valence-corrected chi connectivity index (χ3v) is 7.22. The van der Waals surface area contributed by atoms with Crippen LogP contribution in [0.25, 0.3) is 16.8 Å². The first-order chi connectivity index (χ1) is 17.5. The van der Waals surface area contributed by atoms with E-state index in [2.05, 4.69) is 71.7 Å². The van der Waals surface area contributed by atoms with Gasteiger partial charge in [-0.15, -0.1) is 0 Å². The summed E-state index contributed by atoms with van der Waals surface area (Å²) in [5.41, 5.74) is 14.0. The van der Waals surface area contributed by atoms with Gasteiger partial charge in [-0.1, -0.05) is 30.7 Å². The van der Waals surface area contributed by atoms with Gasteiger partial charge in [0.1, 0.15) is 5.82 Å². The molecule has 1 aliphatic rings. The van der Waals surface area contributed by atoms with E-state index in [0.717, 1.165) is 73.3 Å². The van der Waals surface area contributed by atoms with Gasteiger partial charge in [-0.05, 0) is 57.2 Å². The lowest BCUT2D eigenvalue weighted by Gasteiger charge is -2.39. The van der Waals surface area contributed by atoms with Gasteiger partial charge in [0.05, 0.1) is 5.69 Å². The molecule has 2 N–H and O–H groups in total. The Balaban J connectivity index is 1.54. The number of benzene rings is 1. The summed E-state index contributed by atoms with van der Waals surface area (Å²) < 4.78 is 2.05. The molecule has 3 aromatic heterocycles. The van der Waals surface area contributed by atoms with Gasteiger partial charge in [0.25, 0.3) is 0 Å². The van der Waals surface area contributed by atoms with Gasteiger partial charge in [0.15, 0.2) is 5.65 Å². The highest BCUT2D eigenvalue weighted by atomic mass is 15.4. The van der Waals surface area contributed by atoms with Crippen molar-refractivity contribution in [3.05, 3.63) is 65.2 Å². The van der Waals surface area contributed by atoms with Crippen molar-refractivity contribution in [2.45, 2.75) is 53.0 Å². The number of aryl methyl sites for hydroxylation is 4. The maximum Gasteiger partial charge on any atom is 0.225 e. The summed E-state index contributed by atoms with van der Waals surface area (Å²) >= 11 is 0. The van der Waals surface area contributed by atoms with E-state index in [-0.39, 0.29) is 0 Å². The maximum absolute atomic E-state index is 6.15. The van der Waals surface area contributed by atoms with E-state index < -0.39 is 0 Å². The molecule has 0 aliphatic carbocycles. The average Bonchev–Trinajstić information content (AvgIpc) is 3.23. The number of hydrogen-bond acceptors (Lipinski definition) is 7. The largest absolute Gasteiger partial charge is 0.352 e. The number of rotatable bonds is 7. The molecule has 36 heavy (non-hydrogen) atoms. The molecule has 0 amide bonds. The van der Waals surface area contributed by atoms with Gasteiger partial charge in [0, 0.05) is 61.9 Å². The molecule has 0 bridgehead atoms. The monoisotopic (exact) mass is 484 g/mol. The summed E-state index contributed by atoms with van der Waals surface area (Å²) in [4.78, 5) is 18.7. The first kappa shape index (κ1) is 24.2. The van der Waals surface area contributed by atoms with Crippen LogP contribution in [-0.2, 0) is 6.42 Å². The van der Waals surface area contributed by atoms with Crippen LogP contribution in [0.2, 0.25) is 0 Å². The van der Waals surface area contributed by atoms with Crippen molar-refractivity contribution in [2.75, 3.05) is 36.0 Å². The molecule has 1 aliphatic heterocycles. The molecule has 8 nitrogen and oxygen atoms in total. The minimum absolute atomic E-state index is 0.359. The molecule has 1 saturated heterocycles. The van der Waals surface area contributed by atoms with Gasteiger partial charge in [-0.25, -0.2) is 15.0 Å². The maximum atomic E-state index is 6.15. The highest BCUT2D eigenvalue weighted by molar-refractivity contribution is 5.83. The van der Waals surface area contributed by atoms with Crippen LogP contribution in [0.1, 0.15) is 42.3 Å². The molecule has 188 valence electrons. The predicted octanol–water partition coefficient (Wildman–Crippen LogP) is 4.11. The Hall–Kier alpha value is -3.52. The van der Waals surface area contributed by atoms with Gasteiger partial charge in [-0.2, -0.15) is 9.61 Å². The van der Waals surface area contributed by atoms with Crippen LogP contribution >= 0.6 is 0 Å². The number of nitrogens with zero attached hydrogens (tertiary/aromatic N) is 7. The number of nitrogens with two attached hydrogens (primary N) is 1. The number of anilines is 2. The van der Waals surface area contributed by atoms with Gasteiger partial charge < -0.3 is 15.5 Å². The Labute approximate surface area is 213 Å². The minimum Gasteiger partial charge on any atom is -0.352 e. The van der Waals surface area contributed by atoms with Crippen molar-refractivity contribution in [3.8, 4) is 11.1 Å². The molecule has 5 rings (SSSR count). The molecule has 0 saturated carbocycles. The summed E-state index contributed by atoms with van der Waals surface area (Å²) in [6.07, 6.45) is 6.49. The lowest BCUT2D eigenvalue weighted by molar-refractivity contribution is 0.457. The Bertz CT molecular complexity index is 1340. The summed E-state index contributed by atoms with van der Waals surface area (Å²) in [5, 5.41) is 5.03. The topological polar surface area (TPSA) is 88.5 Å². The molecule has 1 fully saturated rings. The zero-order valence-electron chi connectivity index (χ0n) is 21.8. The minimum atomic E-state index is 0.359. The molecule has 0 atom stereocenters. The van der Waals surface area contributed by atoms with E-state index >= 15 is 0 Å². The zero-order valence-corrected chi connectivity index (χ0v) is 21.8. The molecule has 8 heteroatoms. The number of piperidine rings is 1. The Morgan fingerprint density at radius 1 is 1.06 bits per heavy atom. The van der Waals surface area contributed by atoms with Crippen LogP contribution in [0.4, 0.5) is 11.8 Å². The fraction of sp³-hybridized carbons (Fsp3) is 0.429. The number of fused-ring (bicyclic) bond motifs is 1. The van der Waals surface area contributed by atoms with Crippen molar-refractivity contribution in [1.29, 1.82) is 0 Å². The zero-order chi connectivity index (χ0) is 25.2. The molecule has 0 unspecified atom stereocenters. The fourth-order valence-electron chi connectivity index (χ4n) is 5.41. The van der Waals surface area contributed by atoms with Crippen molar-refractivity contribution in [3.63, 3.8) is 0 Å². The van der Waals surface area contributed by atoms with Crippen LogP contribution < -0.4 is 15.5 Å². The van der Waals surface area contributed by atoms with Crippen LogP contribution in [0.15, 0.2) is 42.7 Å². The number of hydrogen-bond donors (Lipinski definition) is 1. The van der Waals surface area contributed by atoms with Crippen molar-refractivity contribution in [2.24, 2.45) is 5.73 Å². The van der Waals surface area contributed by atoms with Gasteiger partial charge in [0.2, 0.25) is 5.95 Å². The summed E-state index contributed by atoms with van der Waals surface area (Å²) in [5.74, 6) is 1.89. The second kappa shape index (κ2) is 10.2. The fourth-order valence-corrected chi connectivity index (χ4v) is 5.41. The van der Waals surface area contributed by atoms with Crippen molar-refractivity contribution >= 4 is 17.4 Å². The summed E-state index contributed by atoms with van der Waals surface area (Å²) in [7, 11) is 0. The van der Waals surface area contributed by atoms with Gasteiger partial charge in [-0.3, -0.25) is 0 Å². The molecule has 4 aromatic rings. The van der Waals surface area contributed by atoms with E-state index in [1.54, 1.807) is 0 Å². The van der Waals surface area contributed by atoms with Crippen LogP contribution in [-0.4, -0.2) is 56.8 Å². The van der Waals surface area contributed by atoms with Crippen LogP contribution in [0.3, 0.4) is 0 Å². The lowest BCUT2D eigenvalue weighted by atomic mass is 9.99. The van der Waals surface area contributed by atoms with E-state index in [9.17, 15) is 0 Å². The average molecular weight is 485 g/mol. The van der Waals surface area contributed by atoms with E-state index in [1.807, 2.05) is 23.0 Å². The van der Waals surface area contributed by atoms with Crippen LogP contribution in [0, 0.1) is 20.8 Å². The molecular formula is C28H36N8. The van der Waals surface area contributed by atoms with E-state index in [4.69, 9.17) is 15.8 Å². The molecule has 0 radical (unpaired) electrons. The van der Waals surface area contributed by atoms with E-state index in [1.165, 1.54) is 16.7 Å². The molecular weight excluding hydrogens is 448 g/mol. The second-order valence-electron chi connectivity index (χ2n) is 9.72. The first-order valence-electron chi connectivity index (χ1n) is 13.0. The SMILES string of the molecule is CCc1cc(N(CCN)C2CCN(c3ncccn3)CC2)n2nc(C)c(-c3ccc(C)cc3C)c2n1. The Morgan fingerprint density at radius 2 is 1.81 bits per heavy atom. The third-order valence-electron chi connectivity index (χ3n) is 7.22. The summed E-state index contributed by atoms with van der Waals surface area (Å²) in [6, 6.07) is 11.0. The smallest absolute Gasteiger partial charge is 0.225 e. The lowest BCUT2D eigenvalue weighted by Crippen LogP contribution is -2.47. The summed E-state index contributed by atoms with van der Waals surface area (Å²) in [6.45, 7) is 11.7. The number of aromatic nitrogens is 5. The standard InChI is InChI=1S/C28H36N8/c1-5-22-18-25(35(16-11-29)23-9-14-34(15-10-23)28-30-12-6-13-31-28)36-27(32-22)26(21(4)33-36)24-8-7-19(2)17-20(24)3/h6-8,12-13,17-18,23H,5,9-11,14-16,29H2,1-4H3. The molecule has 0 spiro atoms. The van der Waals surface area contributed by atoms with Gasteiger partial charge >= 0.3 is 0 Å². The first-order valence-corrected chi connectivity index (χ1v) is 13.0. The third kappa shape index (κ3) is 4.53. The quantitative estimate of drug-likeness (QED) is 0.422. The predicted molar refractivity (Wildman–Crippen MR) is 146 cm³/mol. The highest BCUT2D eigenvalue weighted by Crippen LogP contribution is 2.34. The molecule has 4 heterocycles. The van der Waals surface area contributed by atoms with Crippen molar-refractivity contribution in [1.82, 2.24) is 24.6 Å². The normalized spacial score (nSPS) is 14.5. The Morgan fingerprint density at radius 3 is 2.47 bits per heavy atom. The van der Waals surface area contributed by atoms with E-state index in [0.29, 0.717) is 12.6 Å². The highest BCUT2D eigenvalue weighted by Gasteiger charge is 2.28. The van der Waals surface area contributed by atoms with Crippen LogP contribution in [0.5, 0.6) is 0 Å².